The van der Waals surface area contributed by atoms with Crippen LogP contribution >= 0.6 is 11.8 Å². The zero-order valence-corrected chi connectivity index (χ0v) is 19.5. The molecule has 0 radical (unpaired) electrons. The molecule has 0 heterocycles. The van der Waals surface area contributed by atoms with Crippen molar-refractivity contribution in [3.8, 4) is 0 Å². The highest BCUT2D eigenvalue weighted by molar-refractivity contribution is 7.99. The van der Waals surface area contributed by atoms with Gasteiger partial charge in [-0.05, 0) is 75.8 Å². The molecule has 2 aromatic carbocycles. The number of rotatable bonds is 7. The van der Waals surface area contributed by atoms with Crippen molar-refractivity contribution in [2.75, 3.05) is 11.1 Å². The first-order valence-electron chi connectivity index (χ1n) is 10.1. The Labute approximate surface area is 184 Å². The van der Waals surface area contributed by atoms with Gasteiger partial charge in [-0.1, -0.05) is 31.2 Å². The van der Waals surface area contributed by atoms with E-state index in [2.05, 4.69) is 17.6 Å². The average molecular weight is 429 g/mol. The van der Waals surface area contributed by atoms with E-state index in [4.69, 9.17) is 4.74 Å². The van der Waals surface area contributed by atoms with Crippen LogP contribution in [0.25, 0.3) is 0 Å². The van der Waals surface area contributed by atoms with Crippen LogP contribution in [-0.4, -0.2) is 23.4 Å². The maximum atomic E-state index is 12.4. The van der Waals surface area contributed by atoms with Gasteiger partial charge in [0.25, 0.3) is 0 Å². The number of amides is 2. The van der Waals surface area contributed by atoms with Crippen molar-refractivity contribution in [1.82, 2.24) is 5.32 Å². The lowest BCUT2D eigenvalue weighted by atomic mass is 9.94. The molecule has 0 aliphatic rings. The van der Waals surface area contributed by atoms with Crippen molar-refractivity contribution in [2.45, 2.75) is 64.0 Å². The van der Waals surface area contributed by atoms with Crippen molar-refractivity contribution in [3.63, 3.8) is 0 Å². The molecule has 6 heteroatoms. The van der Waals surface area contributed by atoms with Crippen molar-refractivity contribution in [3.05, 3.63) is 59.7 Å². The van der Waals surface area contributed by atoms with Gasteiger partial charge in [-0.25, -0.2) is 4.79 Å². The maximum Gasteiger partial charge on any atom is 0.408 e. The van der Waals surface area contributed by atoms with E-state index in [1.54, 1.807) is 11.8 Å². The molecule has 2 aromatic rings. The van der Waals surface area contributed by atoms with Crippen molar-refractivity contribution >= 4 is 29.4 Å². The molecular formula is C24H32N2O3S. The number of ether oxygens (including phenoxy) is 1. The zero-order chi connectivity index (χ0) is 22.4. The molecule has 30 heavy (non-hydrogen) atoms. The first-order chi connectivity index (χ1) is 14.0. The van der Waals surface area contributed by atoms with Crippen LogP contribution in [0.5, 0.6) is 0 Å². The fraction of sp³-hybridized carbons (Fsp3) is 0.417. The van der Waals surface area contributed by atoms with E-state index in [1.165, 1.54) is 4.90 Å². The summed E-state index contributed by atoms with van der Waals surface area (Å²) in [6.45, 7) is 11.4. The van der Waals surface area contributed by atoms with Crippen LogP contribution in [-0.2, 0) is 21.5 Å². The van der Waals surface area contributed by atoms with Crippen molar-refractivity contribution in [1.29, 1.82) is 0 Å². The molecule has 0 fully saturated rings. The highest BCUT2D eigenvalue weighted by Gasteiger charge is 2.26. The topological polar surface area (TPSA) is 67.4 Å². The molecule has 0 unspecified atom stereocenters. The number of nitrogens with one attached hydrogen (secondary N) is 2. The second kappa shape index (κ2) is 10.0. The van der Waals surface area contributed by atoms with E-state index in [9.17, 15) is 9.59 Å². The van der Waals surface area contributed by atoms with Gasteiger partial charge in [-0.2, -0.15) is 0 Å². The highest BCUT2D eigenvalue weighted by atomic mass is 32.2. The number of anilines is 1. The Bertz CT molecular complexity index is 854. The number of hydrogen-bond donors (Lipinski definition) is 2. The molecule has 0 spiro atoms. The normalized spacial score (nSPS) is 11.7. The summed E-state index contributed by atoms with van der Waals surface area (Å²) in [6, 6.07) is 15.5. The third kappa shape index (κ3) is 7.75. The first-order valence-corrected chi connectivity index (χ1v) is 11.1. The van der Waals surface area contributed by atoms with Crippen LogP contribution in [0.15, 0.2) is 53.4 Å². The smallest absolute Gasteiger partial charge is 0.408 e. The first kappa shape index (κ1) is 23.8. The number of thioether (sulfide) groups is 1. The van der Waals surface area contributed by atoms with Gasteiger partial charge in [-0.3, -0.25) is 4.79 Å². The number of alkyl carbamates (subject to hydrolysis) is 1. The Morgan fingerprint density at radius 2 is 1.53 bits per heavy atom. The summed E-state index contributed by atoms with van der Waals surface area (Å²) in [5.41, 5.74) is 1.45. The number of carbonyl (C=O) groups excluding carboxylic acids is 2. The Morgan fingerprint density at radius 3 is 2.07 bits per heavy atom. The molecule has 0 bridgehead atoms. The zero-order valence-electron chi connectivity index (χ0n) is 18.7. The van der Waals surface area contributed by atoms with Crippen LogP contribution in [0.4, 0.5) is 10.5 Å². The summed E-state index contributed by atoms with van der Waals surface area (Å²) in [5.74, 6) is 0.963. The molecule has 2 amide bonds. The van der Waals surface area contributed by atoms with Gasteiger partial charge in [0, 0.05) is 10.6 Å². The van der Waals surface area contributed by atoms with Crippen LogP contribution in [0.2, 0.25) is 0 Å². The van der Waals surface area contributed by atoms with Crippen molar-refractivity contribution in [2.24, 2.45) is 0 Å². The lowest BCUT2D eigenvalue weighted by Crippen LogP contribution is -2.43. The Hall–Kier alpha value is -2.47. The highest BCUT2D eigenvalue weighted by Crippen LogP contribution is 2.23. The maximum absolute atomic E-state index is 12.4. The molecule has 162 valence electrons. The molecule has 0 aliphatic carbocycles. The monoisotopic (exact) mass is 428 g/mol. The Kier molecular flexibility index (Phi) is 7.96. The SMILES string of the molecule is CCSc1ccc(CC(=O)Nc2ccc(C(C)(C)NC(=O)OC(C)(C)C)cc2)cc1. The summed E-state index contributed by atoms with van der Waals surface area (Å²) < 4.78 is 5.34. The summed E-state index contributed by atoms with van der Waals surface area (Å²) >= 11 is 1.78. The summed E-state index contributed by atoms with van der Waals surface area (Å²) in [7, 11) is 0. The van der Waals surface area contributed by atoms with E-state index in [0.29, 0.717) is 6.42 Å². The van der Waals surface area contributed by atoms with Crippen LogP contribution in [0.3, 0.4) is 0 Å². The standard InChI is InChI=1S/C24H32N2O3S/c1-7-30-20-14-8-17(9-15-20)16-21(27)25-19-12-10-18(11-13-19)24(5,6)26-22(28)29-23(2,3)4/h8-15H,7,16H2,1-6H3,(H,25,27)(H,26,28). The third-order valence-electron chi connectivity index (χ3n) is 4.30. The minimum absolute atomic E-state index is 0.0650. The van der Waals surface area contributed by atoms with Gasteiger partial charge in [0.1, 0.15) is 5.60 Å². The summed E-state index contributed by atoms with van der Waals surface area (Å²) in [4.78, 5) is 25.7. The van der Waals surface area contributed by atoms with Gasteiger partial charge in [0.2, 0.25) is 5.91 Å². The van der Waals surface area contributed by atoms with Gasteiger partial charge >= 0.3 is 6.09 Å². The summed E-state index contributed by atoms with van der Waals surface area (Å²) in [5, 5.41) is 5.81. The lowest BCUT2D eigenvalue weighted by Gasteiger charge is -2.29. The van der Waals surface area contributed by atoms with Crippen LogP contribution in [0, 0.1) is 0 Å². The number of carbonyl (C=O) groups is 2. The van der Waals surface area contributed by atoms with Gasteiger partial charge in [0.15, 0.2) is 0 Å². The number of benzene rings is 2. The van der Waals surface area contributed by atoms with Crippen LogP contribution < -0.4 is 10.6 Å². The molecule has 5 nitrogen and oxygen atoms in total. The molecule has 0 atom stereocenters. The van der Waals surface area contributed by atoms with Gasteiger partial charge < -0.3 is 15.4 Å². The minimum atomic E-state index is -0.608. The predicted octanol–water partition coefficient (Wildman–Crippen LogP) is 5.74. The molecule has 0 aromatic heterocycles. The van der Waals surface area contributed by atoms with E-state index >= 15 is 0 Å². The van der Waals surface area contributed by atoms with Crippen molar-refractivity contribution < 1.29 is 14.3 Å². The molecule has 0 saturated carbocycles. The molecule has 0 aliphatic heterocycles. The average Bonchev–Trinajstić information content (AvgIpc) is 2.62. The molecule has 0 saturated heterocycles. The predicted molar refractivity (Wildman–Crippen MR) is 124 cm³/mol. The van der Waals surface area contributed by atoms with Gasteiger partial charge in [-0.15, -0.1) is 11.8 Å². The fourth-order valence-corrected chi connectivity index (χ4v) is 3.52. The fourth-order valence-electron chi connectivity index (χ4n) is 2.86. The molecule has 2 rings (SSSR count). The lowest BCUT2D eigenvalue weighted by molar-refractivity contribution is -0.115. The largest absolute Gasteiger partial charge is 0.444 e. The second-order valence-corrected chi connectivity index (χ2v) is 9.97. The second-order valence-electron chi connectivity index (χ2n) is 8.63. The van der Waals surface area contributed by atoms with E-state index < -0.39 is 17.2 Å². The summed E-state index contributed by atoms with van der Waals surface area (Å²) in [6.07, 6.45) is -0.141. The van der Waals surface area contributed by atoms with Crippen LogP contribution in [0.1, 0.15) is 52.7 Å². The Balaban J connectivity index is 1.94. The van der Waals surface area contributed by atoms with E-state index in [0.717, 1.165) is 22.6 Å². The molecule has 2 N–H and O–H groups in total. The minimum Gasteiger partial charge on any atom is -0.444 e. The van der Waals surface area contributed by atoms with E-state index in [1.807, 2.05) is 83.1 Å². The number of hydrogen-bond acceptors (Lipinski definition) is 4. The molecular weight excluding hydrogens is 396 g/mol. The van der Waals surface area contributed by atoms with E-state index in [-0.39, 0.29) is 5.91 Å². The Morgan fingerprint density at radius 1 is 0.933 bits per heavy atom. The quantitative estimate of drug-likeness (QED) is 0.552. The van der Waals surface area contributed by atoms with Gasteiger partial charge in [0.05, 0.1) is 12.0 Å². The third-order valence-corrected chi connectivity index (χ3v) is 5.20.